The largest absolute Gasteiger partial charge is 0.552 e. The molecule has 1 aromatic heterocycles. The van der Waals surface area contributed by atoms with Crippen LogP contribution in [0.1, 0.15) is 50.5 Å². The van der Waals surface area contributed by atoms with Gasteiger partial charge >= 0.3 is 13.1 Å². The topological polar surface area (TPSA) is 184 Å². The van der Waals surface area contributed by atoms with Gasteiger partial charge in [-0.3, -0.25) is 24.0 Å². The molecule has 3 amide bonds. The van der Waals surface area contributed by atoms with E-state index in [1.165, 1.54) is 27.1 Å². The molecule has 0 spiro atoms. The van der Waals surface area contributed by atoms with Crippen molar-refractivity contribution in [1.82, 2.24) is 20.5 Å². The van der Waals surface area contributed by atoms with E-state index < -0.39 is 73.3 Å². The predicted molar refractivity (Wildman–Crippen MR) is 155 cm³/mol. The van der Waals surface area contributed by atoms with Crippen LogP contribution in [0.4, 0.5) is 0 Å². The Bertz CT molecular complexity index is 1330. The first-order chi connectivity index (χ1) is 20.2. The molecule has 2 aromatic rings. The summed E-state index contributed by atoms with van der Waals surface area (Å²) >= 11 is 0. The number of nitrogens with one attached hydrogen (secondary N) is 2. The summed E-state index contributed by atoms with van der Waals surface area (Å²) in [6.07, 6.45) is -2.60. The minimum atomic E-state index is -2.05. The number of benzene rings is 1. The van der Waals surface area contributed by atoms with Gasteiger partial charge < -0.3 is 35.1 Å². The van der Waals surface area contributed by atoms with E-state index in [0.29, 0.717) is 5.69 Å². The molecule has 0 aliphatic carbocycles. The minimum absolute atomic E-state index is 0.0173. The van der Waals surface area contributed by atoms with Gasteiger partial charge in [0.15, 0.2) is 5.60 Å². The third-order valence-electron chi connectivity index (χ3n) is 6.74. The maximum Gasteiger partial charge on any atom is 0.552 e. The second-order valence-corrected chi connectivity index (χ2v) is 11.1. The lowest BCUT2D eigenvalue weighted by Gasteiger charge is -2.40. The number of rotatable bonds is 12. The van der Waals surface area contributed by atoms with Crippen molar-refractivity contribution in [2.24, 2.45) is 5.92 Å². The van der Waals surface area contributed by atoms with Crippen LogP contribution >= 0.6 is 0 Å². The van der Waals surface area contributed by atoms with Crippen LogP contribution in [0.2, 0.25) is 0 Å². The molecule has 230 valence electrons. The molecule has 1 aliphatic rings. The first kappa shape index (κ1) is 33.2. The van der Waals surface area contributed by atoms with Crippen molar-refractivity contribution in [2.45, 2.75) is 63.7 Å². The van der Waals surface area contributed by atoms with Crippen molar-refractivity contribution in [1.29, 1.82) is 0 Å². The Balaban J connectivity index is 1.84. The number of aliphatic hydroxyl groups excluding tert-OH is 1. The summed E-state index contributed by atoms with van der Waals surface area (Å²) < 4.78 is 11.3. The number of carbonyl (C=O) groups is 5. The number of hydrogen-bond acceptors (Lipinski definition) is 9. The maximum absolute atomic E-state index is 13.5. The van der Waals surface area contributed by atoms with Gasteiger partial charge in [0.1, 0.15) is 11.7 Å². The van der Waals surface area contributed by atoms with E-state index in [1.807, 2.05) is 44.2 Å². The van der Waals surface area contributed by atoms with Crippen LogP contribution in [0.5, 0.6) is 0 Å². The highest BCUT2D eigenvalue weighted by Gasteiger charge is 2.55. The molecule has 0 radical (unpaired) electrons. The first-order valence-electron chi connectivity index (χ1n) is 13.8. The molecule has 3 rings (SSSR count). The molecule has 4 N–H and O–H groups in total. The van der Waals surface area contributed by atoms with Crippen LogP contribution in [0.15, 0.2) is 48.5 Å². The molecule has 14 heteroatoms. The molecule has 2 heterocycles. The van der Waals surface area contributed by atoms with E-state index >= 15 is 0 Å². The van der Waals surface area contributed by atoms with Crippen molar-refractivity contribution >= 4 is 36.8 Å². The summed E-state index contributed by atoms with van der Waals surface area (Å²) in [5.41, 5.74) is -0.713. The third kappa shape index (κ3) is 8.61. The number of amides is 3. The summed E-state index contributed by atoms with van der Waals surface area (Å²) in [7, 11) is 1.28. The minimum Gasteiger partial charge on any atom is -0.508 e. The Morgan fingerprint density at radius 2 is 1.72 bits per heavy atom. The standard InChI is InChI=1S/C29H37BN4O9/c1-17(2)14-22(30-42-24(38)16-29(43-30,15-23(36)37)28(41)34(4)5)32-27(40)25(18(3)35)33-26(39)21-13-9-12-20(31-21)19-10-7-6-8-11-19/h6-13,17-18,22,25,35H,14-16H2,1-5H3,(H,32,40)(H,33,39)(H,36,37)/t18-,22+,25+,29+/m1/s1. The highest BCUT2D eigenvalue weighted by atomic mass is 16.6. The van der Waals surface area contributed by atoms with Gasteiger partial charge in [-0.25, -0.2) is 4.98 Å². The molecular weight excluding hydrogens is 559 g/mol. The number of aliphatic carboxylic acids is 1. The van der Waals surface area contributed by atoms with Crippen LogP contribution in [-0.2, 0) is 28.5 Å². The number of carboxylic acids is 1. The summed E-state index contributed by atoms with van der Waals surface area (Å²) in [4.78, 5) is 69.5. The van der Waals surface area contributed by atoms with Crippen molar-refractivity contribution < 1.29 is 43.5 Å². The van der Waals surface area contributed by atoms with Gasteiger partial charge in [0.05, 0.1) is 30.6 Å². The second kappa shape index (κ2) is 14.3. The molecular formula is C29H37BN4O9. The average Bonchev–Trinajstić information content (AvgIpc) is 2.94. The summed E-state index contributed by atoms with van der Waals surface area (Å²) in [5.74, 6) is -5.66. The summed E-state index contributed by atoms with van der Waals surface area (Å²) in [6.45, 7) is 4.98. The molecule has 0 unspecified atom stereocenters. The fourth-order valence-corrected chi connectivity index (χ4v) is 4.78. The Morgan fingerprint density at radius 1 is 1.05 bits per heavy atom. The van der Waals surface area contributed by atoms with E-state index in [1.54, 1.807) is 12.1 Å². The lowest BCUT2D eigenvalue weighted by atomic mass is 9.70. The average molecular weight is 596 g/mol. The Labute approximate surface area is 250 Å². The first-order valence-corrected chi connectivity index (χ1v) is 13.8. The number of nitrogens with zero attached hydrogens (tertiary/aromatic N) is 2. The second-order valence-electron chi connectivity index (χ2n) is 11.1. The molecule has 1 fully saturated rings. The van der Waals surface area contributed by atoms with Crippen molar-refractivity contribution in [3.8, 4) is 11.3 Å². The molecule has 0 bridgehead atoms. The number of hydrogen-bond donors (Lipinski definition) is 4. The predicted octanol–water partition coefficient (Wildman–Crippen LogP) is 1.05. The fraction of sp³-hybridized carbons (Fsp3) is 0.448. The smallest absolute Gasteiger partial charge is 0.508 e. The van der Waals surface area contributed by atoms with Gasteiger partial charge in [-0.1, -0.05) is 50.2 Å². The van der Waals surface area contributed by atoms with E-state index in [0.717, 1.165) is 10.5 Å². The zero-order valence-electron chi connectivity index (χ0n) is 24.8. The molecule has 13 nitrogen and oxygen atoms in total. The van der Waals surface area contributed by atoms with Crippen LogP contribution in [0, 0.1) is 5.92 Å². The monoisotopic (exact) mass is 596 g/mol. The quantitative estimate of drug-likeness (QED) is 0.258. The van der Waals surface area contributed by atoms with Gasteiger partial charge in [-0.2, -0.15) is 0 Å². The number of aliphatic hydroxyl groups is 1. The van der Waals surface area contributed by atoms with E-state index in [4.69, 9.17) is 9.31 Å². The van der Waals surface area contributed by atoms with Crippen molar-refractivity contribution in [3.63, 3.8) is 0 Å². The summed E-state index contributed by atoms with van der Waals surface area (Å²) in [6, 6.07) is 12.6. The van der Waals surface area contributed by atoms with Gasteiger partial charge in [0, 0.05) is 19.7 Å². The van der Waals surface area contributed by atoms with E-state index in [-0.39, 0.29) is 18.0 Å². The number of likely N-dealkylation sites (N-methyl/N-ethyl adjacent to an activating group) is 1. The fourth-order valence-electron chi connectivity index (χ4n) is 4.78. The van der Waals surface area contributed by atoms with Gasteiger partial charge in [0.2, 0.25) is 5.91 Å². The molecule has 1 saturated heterocycles. The highest BCUT2D eigenvalue weighted by Crippen LogP contribution is 2.31. The Kier molecular flexibility index (Phi) is 11.0. The molecule has 1 aromatic carbocycles. The molecule has 1 aliphatic heterocycles. The molecule has 43 heavy (non-hydrogen) atoms. The SMILES string of the molecule is CC(C)C[C@H](NC(=O)[C@@H](NC(=O)c1cccc(-c2ccccc2)n1)[C@@H](C)O)B1OC(=O)C[C@@](CC(=O)O)(C(=O)N(C)C)O1. The van der Waals surface area contributed by atoms with Crippen LogP contribution in [-0.4, -0.2) is 94.7 Å². The van der Waals surface area contributed by atoms with Gasteiger partial charge in [-0.05, 0) is 31.4 Å². The number of aromatic nitrogens is 1. The van der Waals surface area contributed by atoms with E-state index in [2.05, 4.69) is 15.6 Å². The van der Waals surface area contributed by atoms with Gasteiger partial charge in [-0.15, -0.1) is 0 Å². The molecule has 0 saturated carbocycles. The third-order valence-corrected chi connectivity index (χ3v) is 6.74. The van der Waals surface area contributed by atoms with Gasteiger partial charge in [0.25, 0.3) is 17.8 Å². The normalized spacial score (nSPS) is 18.7. The van der Waals surface area contributed by atoms with Crippen molar-refractivity contribution in [2.75, 3.05) is 14.1 Å². The number of pyridine rings is 1. The molecule has 4 atom stereocenters. The van der Waals surface area contributed by atoms with Crippen LogP contribution in [0.3, 0.4) is 0 Å². The Morgan fingerprint density at radius 3 is 2.30 bits per heavy atom. The maximum atomic E-state index is 13.5. The van der Waals surface area contributed by atoms with Crippen LogP contribution in [0.25, 0.3) is 11.3 Å². The van der Waals surface area contributed by atoms with Crippen molar-refractivity contribution in [3.05, 3.63) is 54.2 Å². The summed E-state index contributed by atoms with van der Waals surface area (Å²) in [5, 5.41) is 25.1. The van der Waals surface area contributed by atoms with E-state index in [9.17, 15) is 34.2 Å². The Hall–Kier alpha value is -4.30. The highest BCUT2D eigenvalue weighted by molar-refractivity contribution is 6.50. The number of carbonyl (C=O) groups excluding carboxylic acids is 4. The van der Waals surface area contributed by atoms with Crippen LogP contribution < -0.4 is 10.6 Å². The zero-order chi connectivity index (χ0) is 31.9. The zero-order valence-corrected chi connectivity index (χ0v) is 24.8. The lowest BCUT2D eigenvalue weighted by Crippen LogP contribution is -2.64. The number of carboxylic acid groups (broad SMARTS) is 1. The lowest BCUT2D eigenvalue weighted by molar-refractivity contribution is -0.169.